The van der Waals surface area contributed by atoms with Crippen LogP contribution in [0.1, 0.15) is 30.5 Å². The Kier molecular flexibility index (Phi) is 7.07. The van der Waals surface area contributed by atoms with E-state index in [1.54, 1.807) is 11.8 Å². The van der Waals surface area contributed by atoms with Gasteiger partial charge in [0.25, 0.3) is 0 Å². The molecule has 3 atom stereocenters. The van der Waals surface area contributed by atoms with Gasteiger partial charge in [0, 0.05) is 20.2 Å². The first-order valence-corrected chi connectivity index (χ1v) is 10.1. The van der Waals surface area contributed by atoms with Gasteiger partial charge in [0.2, 0.25) is 5.91 Å². The average molecular weight is 412 g/mol. The summed E-state index contributed by atoms with van der Waals surface area (Å²) in [5.41, 5.74) is 0.659. The van der Waals surface area contributed by atoms with Crippen LogP contribution in [0.5, 0.6) is 0 Å². The van der Waals surface area contributed by atoms with E-state index >= 15 is 0 Å². The molecule has 3 N–H and O–H groups in total. The van der Waals surface area contributed by atoms with Crippen LogP contribution >= 0.6 is 0 Å². The van der Waals surface area contributed by atoms with Crippen LogP contribution in [-0.2, 0) is 16.1 Å². The van der Waals surface area contributed by atoms with E-state index < -0.39 is 17.7 Å². The van der Waals surface area contributed by atoms with Crippen LogP contribution in [0.15, 0.2) is 60.7 Å². The number of rotatable bonds is 6. The number of amides is 3. The van der Waals surface area contributed by atoms with E-state index in [-0.39, 0.29) is 18.5 Å². The van der Waals surface area contributed by atoms with E-state index in [1.807, 2.05) is 60.7 Å². The first-order chi connectivity index (χ1) is 14.4. The highest BCUT2D eigenvalue weighted by Crippen LogP contribution is 2.37. The van der Waals surface area contributed by atoms with Gasteiger partial charge in [-0.2, -0.15) is 0 Å². The van der Waals surface area contributed by atoms with E-state index in [4.69, 9.17) is 4.74 Å². The van der Waals surface area contributed by atoms with Crippen LogP contribution in [0.25, 0.3) is 0 Å². The molecule has 3 amide bonds. The molecule has 0 spiro atoms. The van der Waals surface area contributed by atoms with Crippen molar-refractivity contribution in [2.24, 2.45) is 0 Å². The van der Waals surface area contributed by atoms with Crippen molar-refractivity contribution in [1.82, 2.24) is 15.5 Å². The lowest BCUT2D eigenvalue weighted by atomic mass is 9.79. The lowest BCUT2D eigenvalue weighted by Crippen LogP contribution is -2.64. The second-order valence-electron chi connectivity index (χ2n) is 7.78. The van der Waals surface area contributed by atoms with Crippen molar-refractivity contribution in [3.63, 3.8) is 0 Å². The highest BCUT2D eigenvalue weighted by atomic mass is 16.5. The molecular weight excluding hydrogens is 382 g/mol. The molecule has 30 heavy (non-hydrogen) atoms. The number of aliphatic hydroxyl groups is 1. The van der Waals surface area contributed by atoms with Crippen molar-refractivity contribution < 1.29 is 19.4 Å². The molecule has 0 saturated carbocycles. The molecule has 3 rings (SSSR count). The Bertz CT molecular complexity index is 842. The molecule has 0 aliphatic carbocycles. The Balaban J connectivity index is 1.86. The average Bonchev–Trinajstić information content (AvgIpc) is 2.75. The fraction of sp³-hybridized carbons (Fsp3) is 0.391. The van der Waals surface area contributed by atoms with Crippen LogP contribution in [-0.4, -0.2) is 53.8 Å². The highest BCUT2D eigenvalue weighted by molar-refractivity contribution is 5.79. The van der Waals surface area contributed by atoms with Gasteiger partial charge in [-0.3, -0.25) is 4.79 Å². The summed E-state index contributed by atoms with van der Waals surface area (Å²) in [6.07, 6.45) is 0.340. The Morgan fingerprint density at radius 1 is 1.13 bits per heavy atom. The molecule has 2 aromatic rings. The van der Waals surface area contributed by atoms with Crippen LogP contribution in [0.3, 0.4) is 0 Å². The summed E-state index contributed by atoms with van der Waals surface area (Å²) >= 11 is 0. The standard InChI is InChI=1S/C23H29N3O4/c1-23(29)13-14-26(22(28)24-15-17-9-5-3-6-10-17)20(18-11-7-4-8-12-18)21(23)25-19(27)16-30-2/h3-12,20-21,29H,13-16H2,1-2H3,(H,24,28)(H,25,27)/t20-,21-,23+/m0/s1. The summed E-state index contributed by atoms with van der Waals surface area (Å²) < 4.78 is 4.93. The summed E-state index contributed by atoms with van der Waals surface area (Å²) in [6, 6.07) is 17.7. The Morgan fingerprint density at radius 2 is 1.77 bits per heavy atom. The Labute approximate surface area is 177 Å². The maximum Gasteiger partial charge on any atom is 0.318 e. The second kappa shape index (κ2) is 9.73. The number of nitrogens with one attached hydrogen (secondary N) is 2. The lowest BCUT2D eigenvalue weighted by Gasteiger charge is -2.49. The molecule has 1 heterocycles. The van der Waals surface area contributed by atoms with Crippen LogP contribution in [0.4, 0.5) is 4.79 Å². The third-order valence-electron chi connectivity index (χ3n) is 5.46. The molecule has 0 unspecified atom stereocenters. The minimum absolute atomic E-state index is 0.117. The first-order valence-electron chi connectivity index (χ1n) is 10.1. The predicted octanol–water partition coefficient (Wildman–Crippen LogP) is 2.23. The zero-order chi connectivity index (χ0) is 21.6. The van der Waals surface area contributed by atoms with Crippen molar-refractivity contribution in [1.29, 1.82) is 0 Å². The zero-order valence-corrected chi connectivity index (χ0v) is 17.4. The molecule has 1 aliphatic rings. The topological polar surface area (TPSA) is 90.9 Å². The molecule has 160 valence electrons. The lowest BCUT2D eigenvalue weighted by molar-refractivity contribution is -0.131. The number of likely N-dealkylation sites (tertiary alicyclic amines) is 1. The van der Waals surface area contributed by atoms with Crippen molar-refractivity contribution in [2.45, 2.75) is 37.6 Å². The van der Waals surface area contributed by atoms with Crippen molar-refractivity contribution in [2.75, 3.05) is 20.3 Å². The number of urea groups is 1. The van der Waals surface area contributed by atoms with Gasteiger partial charge >= 0.3 is 6.03 Å². The molecule has 1 aliphatic heterocycles. The quantitative estimate of drug-likeness (QED) is 0.680. The van der Waals surface area contributed by atoms with Gasteiger partial charge in [0.1, 0.15) is 6.61 Å². The van der Waals surface area contributed by atoms with Gasteiger partial charge in [0.05, 0.1) is 17.7 Å². The maximum atomic E-state index is 13.1. The molecule has 0 aromatic heterocycles. The number of hydrogen-bond acceptors (Lipinski definition) is 4. The third kappa shape index (κ3) is 5.17. The van der Waals surface area contributed by atoms with Gasteiger partial charge in [-0.15, -0.1) is 0 Å². The molecular formula is C23H29N3O4. The second-order valence-corrected chi connectivity index (χ2v) is 7.78. The van der Waals surface area contributed by atoms with E-state index in [1.165, 1.54) is 7.11 Å². The molecule has 7 heteroatoms. The van der Waals surface area contributed by atoms with Crippen molar-refractivity contribution >= 4 is 11.9 Å². The SMILES string of the molecule is COCC(=O)N[C@H]1[C@H](c2ccccc2)N(C(=O)NCc2ccccc2)CC[C@@]1(C)O. The van der Waals surface area contributed by atoms with E-state index in [2.05, 4.69) is 10.6 Å². The van der Waals surface area contributed by atoms with E-state index in [0.717, 1.165) is 11.1 Å². The molecule has 2 aromatic carbocycles. The van der Waals surface area contributed by atoms with Crippen LogP contribution in [0.2, 0.25) is 0 Å². The fourth-order valence-corrected chi connectivity index (χ4v) is 3.87. The fourth-order valence-electron chi connectivity index (χ4n) is 3.87. The smallest absolute Gasteiger partial charge is 0.318 e. The van der Waals surface area contributed by atoms with Gasteiger partial charge in [-0.25, -0.2) is 4.79 Å². The highest BCUT2D eigenvalue weighted by Gasteiger charge is 2.47. The first kappa shape index (κ1) is 21.8. The number of carbonyl (C=O) groups is 2. The number of benzene rings is 2. The summed E-state index contributed by atoms with van der Waals surface area (Å²) in [7, 11) is 1.44. The zero-order valence-electron chi connectivity index (χ0n) is 17.4. The van der Waals surface area contributed by atoms with Gasteiger partial charge in [-0.1, -0.05) is 60.7 Å². The number of hydrogen-bond donors (Lipinski definition) is 3. The summed E-state index contributed by atoms with van der Waals surface area (Å²) in [6.45, 7) is 2.34. The van der Waals surface area contributed by atoms with E-state index in [9.17, 15) is 14.7 Å². The summed E-state index contributed by atoms with van der Waals surface area (Å²) in [4.78, 5) is 27.1. The molecule has 1 saturated heterocycles. The van der Waals surface area contributed by atoms with Gasteiger partial charge < -0.3 is 25.4 Å². The predicted molar refractivity (Wildman–Crippen MR) is 114 cm³/mol. The van der Waals surface area contributed by atoms with Crippen LogP contribution in [0, 0.1) is 0 Å². The Morgan fingerprint density at radius 3 is 2.40 bits per heavy atom. The van der Waals surface area contributed by atoms with Crippen molar-refractivity contribution in [3.05, 3.63) is 71.8 Å². The number of ether oxygens (including phenoxy) is 1. The maximum absolute atomic E-state index is 13.1. The number of nitrogens with zero attached hydrogens (tertiary/aromatic N) is 1. The van der Waals surface area contributed by atoms with E-state index in [0.29, 0.717) is 19.5 Å². The summed E-state index contributed by atoms with van der Waals surface area (Å²) in [5, 5.41) is 16.9. The molecule has 7 nitrogen and oxygen atoms in total. The number of piperidine rings is 1. The van der Waals surface area contributed by atoms with Crippen molar-refractivity contribution in [3.8, 4) is 0 Å². The molecule has 0 bridgehead atoms. The minimum atomic E-state index is -1.18. The molecule has 1 fully saturated rings. The number of carbonyl (C=O) groups excluding carboxylic acids is 2. The van der Waals surface area contributed by atoms with Gasteiger partial charge in [-0.05, 0) is 24.5 Å². The summed E-state index contributed by atoms with van der Waals surface area (Å²) in [5.74, 6) is -0.338. The largest absolute Gasteiger partial charge is 0.388 e. The third-order valence-corrected chi connectivity index (χ3v) is 5.46. The Hall–Kier alpha value is -2.90. The monoisotopic (exact) mass is 411 g/mol. The molecule has 0 radical (unpaired) electrons. The normalized spacial score (nSPS) is 23.6. The van der Waals surface area contributed by atoms with Gasteiger partial charge in [0.15, 0.2) is 0 Å². The minimum Gasteiger partial charge on any atom is -0.388 e. The number of methoxy groups -OCH3 is 1. The van der Waals surface area contributed by atoms with Crippen LogP contribution < -0.4 is 10.6 Å².